The molecule has 0 saturated heterocycles. The molecule has 2 nitrogen and oxygen atoms in total. The van der Waals surface area contributed by atoms with Gasteiger partial charge in [-0.25, -0.2) is 4.39 Å². The first-order valence-electron chi connectivity index (χ1n) is 6.07. The normalized spacial score (nSPS) is 11.5. The molecular formula is C16H13FN2. The lowest BCUT2D eigenvalue weighted by Gasteiger charge is -1.95. The van der Waals surface area contributed by atoms with Crippen LogP contribution in [0, 0.1) is 5.82 Å². The second-order valence-corrected chi connectivity index (χ2v) is 4.48. The Balaban J connectivity index is 2.04. The van der Waals surface area contributed by atoms with Crippen molar-refractivity contribution in [3.05, 3.63) is 65.9 Å². The largest absolute Gasteiger partial charge is 0.350 e. The third-order valence-corrected chi connectivity index (χ3v) is 3.12. The first kappa shape index (κ1) is 11.7. The number of hydrogen-bond acceptors (Lipinski definition) is 1. The number of pyridine rings is 1. The maximum Gasteiger partial charge on any atom is 0.125 e. The molecule has 0 N–H and O–H groups in total. The zero-order valence-electron chi connectivity index (χ0n) is 10.5. The van der Waals surface area contributed by atoms with Gasteiger partial charge in [0.15, 0.2) is 0 Å². The highest BCUT2D eigenvalue weighted by Crippen LogP contribution is 2.23. The van der Waals surface area contributed by atoms with Gasteiger partial charge in [-0.05, 0) is 35.4 Å². The molecule has 0 atom stereocenters. The number of nitrogens with zero attached hydrogens (tertiary/aromatic N) is 2. The highest BCUT2D eigenvalue weighted by atomic mass is 19.1. The van der Waals surface area contributed by atoms with Gasteiger partial charge >= 0.3 is 0 Å². The Hall–Kier alpha value is -2.42. The van der Waals surface area contributed by atoms with Gasteiger partial charge in [-0.1, -0.05) is 18.2 Å². The van der Waals surface area contributed by atoms with Crippen LogP contribution in [0.15, 0.2) is 48.9 Å². The lowest BCUT2D eigenvalue weighted by atomic mass is 10.1. The van der Waals surface area contributed by atoms with Crippen LogP contribution < -0.4 is 0 Å². The molecule has 0 unspecified atom stereocenters. The van der Waals surface area contributed by atoms with E-state index in [1.165, 1.54) is 6.07 Å². The molecule has 2 heterocycles. The van der Waals surface area contributed by atoms with Crippen LogP contribution in [0.1, 0.15) is 11.1 Å². The van der Waals surface area contributed by atoms with Crippen molar-refractivity contribution in [2.24, 2.45) is 7.05 Å². The summed E-state index contributed by atoms with van der Waals surface area (Å²) < 4.78 is 15.2. The molecule has 0 aliphatic carbocycles. The van der Waals surface area contributed by atoms with Crippen molar-refractivity contribution in [1.82, 2.24) is 9.55 Å². The molecule has 0 aliphatic rings. The van der Waals surface area contributed by atoms with Gasteiger partial charge in [0.05, 0.1) is 5.52 Å². The zero-order valence-corrected chi connectivity index (χ0v) is 10.5. The molecule has 0 fully saturated rings. The molecule has 0 bridgehead atoms. The minimum absolute atomic E-state index is 0.212. The van der Waals surface area contributed by atoms with E-state index in [1.807, 2.05) is 48.2 Å². The van der Waals surface area contributed by atoms with Crippen LogP contribution in [0.4, 0.5) is 4.39 Å². The lowest BCUT2D eigenvalue weighted by molar-refractivity contribution is 0.629. The molecule has 0 spiro atoms. The number of halogens is 1. The number of rotatable bonds is 2. The fraction of sp³-hybridized carbons (Fsp3) is 0.0625. The van der Waals surface area contributed by atoms with Crippen LogP contribution in [0.3, 0.4) is 0 Å². The van der Waals surface area contributed by atoms with Gasteiger partial charge in [0, 0.05) is 31.0 Å². The first-order valence-corrected chi connectivity index (χ1v) is 6.07. The number of benzene rings is 1. The van der Waals surface area contributed by atoms with Crippen LogP contribution >= 0.6 is 0 Å². The van der Waals surface area contributed by atoms with Crippen molar-refractivity contribution in [2.45, 2.75) is 0 Å². The van der Waals surface area contributed by atoms with Gasteiger partial charge in [-0.2, -0.15) is 0 Å². The van der Waals surface area contributed by atoms with Crippen molar-refractivity contribution < 1.29 is 4.39 Å². The molecule has 94 valence electrons. The minimum atomic E-state index is -0.212. The molecule has 1 aromatic carbocycles. The van der Waals surface area contributed by atoms with Gasteiger partial charge in [-0.3, -0.25) is 4.98 Å². The summed E-state index contributed by atoms with van der Waals surface area (Å²) in [5.74, 6) is -0.212. The highest BCUT2D eigenvalue weighted by molar-refractivity contribution is 5.92. The SMILES string of the molecule is Cn1cc(/C=C/c2cccnc2)c2ccc(F)cc21. The second kappa shape index (κ2) is 4.69. The molecule has 2 aromatic heterocycles. The number of aromatic nitrogens is 2. The van der Waals surface area contributed by atoms with Crippen molar-refractivity contribution in [3.8, 4) is 0 Å². The predicted molar refractivity (Wildman–Crippen MR) is 76.0 cm³/mol. The maximum atomic E-state index is 13.2. The number of hydrogen-bond donors (Lipinski definition) is 0. The van der Waals surface area contributed by atoms with Crippen LogP contribution in [0.2, 0.25) is 0 Å². The summed E-state index contributed by atoms with van der Waals surface area (Å²) in [5.41, 5.74) is 3.01. The average molecular weight is 252 g/mol. The molecule has 3 heteroatoms. The van der Waals surface area contributed by atoms with Gasteiger partial charge in [0.25, 0.3) is 0 Å². The standard InChI is InChI=1S/C16H13FN2/c1-19-11-13(5-4-12-3-2-8-18-10-12)15-7-6-14(17)9-16(15)19/h2-11H,1H3/b5-4+. The van der Waals surface area contributed by atoms with Crippen molar-refractivity contribution in [2.75, 3.05) is 0 Å². The Kier molecular flexibility index (Phi) is 2.88. The first-order chi connectivity index (χ1) is 9.24. The second-order valence-electron chi connectivity index (χ2n) is 4.48. The predicted octanol–water partition coefficient (Wildman–Crippen LogP) is 3.88. The Bertz CT molecular complexity index is 742. The minimum Gasteiger partial charge on any atom is -0.350 e. The van der Waals surface area contributed by atoms with Crippen molar-refractivity contribution in [1.29, 1.82) is 0 Å². The van der Waals surface area contributed by atoms with E-state index in [4.69, 9.17) is 0 Å². The Morgan fingerprint density at radius 1 is 1.21 bits per heavy atom. The Morgan fingerprint density at radius 3 is 2.89 bits per heavy atom. The van der Waals surface area contributed by atoms with E-state index < -0.39 is 0 Å². The van der Waals surface area contributed by atoms with E-state index in [2.05, 4.69) is 4.98 Å². The number of fused-ring (bicyclic) bond motifs is 1. The van der Waals surface area contributed by atoms with E-state index in [0.717, 1.165) is 22.0 Å². The maximum absolute atomic E-state index is 13.2. The summed E-state index contributed by atoms with van der Waals surface area (Å²) in [6.07, 6.45) is 9.58. The van der Waals surface area contributed by atoms with Crippen LogP contribution in [0.5, 0.6) is 0 Å². The summed E-state index contributed by atoms with van der Waals surface area (Å²) in [6, 6.07) is 8.75. The number of aryl methyl sites for hydroxylation is 1. The van der Waals surface area contributed by atoms with Crippen LogP contribution in [-0.4, -0.2) is 9.55 Å². The molecule has 3 rings (SSSR count). The van der Waals surface area contributed by atoms with Crippen LogP contribution in [0.25, 0.3) is 23.1 Å². The van der Waals surface area contributed by atoms with E-state index in [0.29, 0.717) is 0 Å². The fourth-order valence-electron chi connectivity index (χ4n) is 2.18. The molecule has 0 saturated carbocycles. The summed E-state index contributed by atoms with van der Waals surface area (Å²) in [5, 5.41) is 1.05. The fourth-order valence-corrected chi connectivity index (χ4v) is 2.18. The van der Waals surface area contributed by atoms with Gasteiger partial charge in [0.2, 0.25) is 0 Å². The molecular weight excluding hydrogens is 239 g/mol. The van der Waals surface area contributed by atoms with Gasteiger partial charge in [-0.15, -0.1) is 0 Å². The van der Waals surface area contributed by atoms with E-state index in [1.54, 1.807) is 18.5 Å². The van der Waals surface area contributed by atoms with E-state index in [-0.39, 0.29) is 5.82 Å². The molecule has 0 amide bonds. The van der Waals surface area contributed by atoms with Gasteiger partial charge in [0.1, 0.15) is 5.82 Å². The monoisotopic (exact) mass is 252 g/mol. The average Bonchev–Trinajstić information content (AvgIpc) is 2.74. The Labute approximate surface area is 110 Å². The quantitative estimate of drug-likeness (QED) is 0.676. The zero-order chi connectivity index (χ0) is 13.2. The van der Waals surface area contributed by atoms with E-state index >= 15 is 0 Å². The highest BCUT2D eigenvalue weighted by Gasteiger charge is 2.04. The summed E-state index contributed by atoms with van der Waals surface area (Å²) in [7, 11) is 1.92. The molecule has 3 aromatic rings. The Morgan fingerprint density at radius 2 is 2.11 bits per heavy atom. The topological polar surface area (TPSA) is 17.8 Å². The smallest absolute Gasteiger partial charge is 0.125 e. The van der Waals surface area contributed by atoms with E-state index in [9.17, 15) is 4.39 Å². The molecule has 0 radical (unpaired) electrons. The third kappa shape index (κ3) is 2.27. The lowest BCUT2D eigenvalue weighted by Crippen LogP contribution is -1.83. The van der Waals surface area contributed by atoms with Gasteiger partial charge < -0.3 is 4.57 Å². The third-order valence-electron chi connectivity index (χ3n) is 3.12. The molecule has 0 aliphatic heterocycles. The summed E-state index contributed by atoms with van der Waals surface area (Å²) in [6.45, 7) is 0. The van der Waals surface area contributed by atoms with Crippen molar-refractivity contribution in [3.63, 3.8) is 0 Å². The summed E-state index contributed by atoms with van der Waals surface area (Å²) >= 11 is 0. The van der Waals surface area contributed by atoms with Crippen molar-refractivity contribution >= 4 is 23.1 Å². The van der Waals surface area contributed by atoms with Crippen LogP contribution in [-0.2, 0) is 7.05 Å². The summed E-state index contributed by atoms with van der Waals surface area (Å²) in [4.78, 5) is 4.07. The molecule has 19 heavy (non-hydrogen) atoms.